The lowest BCUT2D eigenvalue weighted by atomic mass is 10.2. The van der Waals surface area contributed by atoms with Crippen LogP contribution in [0.4, 0.5) is 0 Å². The second-order valence-corrected chi connectivity index (χ2v) is 8.04. The molecule has 0 heterocycles. The van der Waals surface area contributed by atoms with Gasteiger partial charge in [0.25, 0.3) is 0 Å². The van der Waals surface area contributed by atoms with Gasteiger partial charge in [-0.15, -0.1) is 12.4 Å². The van der Waals surface area contributed by atoms with Gasteiger partial charge in [-0.25, -0.2) is 8.42 Å². The first-order valence-corrected chi connectivity index (χ1v) is 9.59. The Hall–Kier alpha value is -1.11. The number of nitrogens with one attached hydrogen (secondary N) is 2. The molecule has 0 saturated heterocycles. The molecule has 5 nitrogen and oxygen atoms in total. The van der Waals surface area contributed by atoms with Crippen molar-refractivity contribution in [2.45, 2.75) is 25.0 Å². The summed E-state index contributed by atoms with van der Waals surface area (Å²) in [5, 5.41) is 5.85. The highest BCUT2D eigenvalue weighted by molar-refractivity contribution is 7.90. The second-order valence-electron chi connectivity index (χ2n) is 5.86. The number of sulfone groups is 1. The van der Waals surface area contributed by atoms with Crippen molar-refractivity contribution in [1.82, 2.24) is 10.6 Å². The Kier molecular flexibility index (Phi) is 8.58. The SMILES string of the molecule is Cl.O=C(CNCC1CC1)NCCCS(=O)(=O)Cc1ccccc1. The summed E-state index contributed by atoms with van der Waals surface area (Å²) in [5.74, 6) is 0.833. The first-order chi connectivity index (χ1) is 10.6. The van der Waals surface area contributed by atoms with Gasteiger partial charge in [0.15, 0.2) is 9.84 Å². The monoisotopic (exact) mass is 360 g/mol. The quantitative estimate of drug-likeness (QED) is 0.620. The Morgan fingerprint density at radius 3 is 2.52 bits per heavy atom. The van der Waals surface area contributed by atoms with Crippen LogP contribution in [-0.4, -0.2) is 39.7 Å². The molecule has 1 fully saturated rings. The molecule has 1 aromatic carbocycles. The van der Waals surface area contributed by atoms with Gasteiger partial charge in [0.05, 0.1) is 18.1 Å². The summed E-state index contributed by atoms with van der Waals surface area (Å²) in [5.41, 5.74) is 0.802. The van der Waals surface area contributed by atoms with Crippen LogP contribution in [0.3, 0.4) is 0 Å². The van der Waals surface area contributed by atoms with Gasteiger partial charge in [-0.1, -0.05) is 30.3 Å². The maximum Gasteiger partial charge on any atom is 0.233 e. The third kappa shape index (κ3) is 8.93. The van der Waals surface area contributed by atoms with Gasteiger partial charge >= 0.3 is 0 Å². The van der Waals surface area contributed by atoms with Crippen LogP contribution in [0, 0.1) is 5.92 Å². The Labute approximate surface area is 144 Å². The Morgan fingerprint density at radius 2 is 1.87 bits per heavy atom. The number of halogens is 1. The molecule has 1 amide bonds. The van der Waals surface area contributed by atoms with E-state index in [0.29, 0.717) is 19.5 Å². The van der Waals surface area contributed by atoms with Crippen molar-refractivity contribution in [2.24, 2.45) is 5.92 Å². The normalized spacial score (nSPS) is 14.1. The van der Waals surface area contributed by atoms with E-state index in [1.807, 2.05) is 30.3 Å². The third-order valence-corrected chi connectivity index (χ3v) is 5.28. The molecular weight excluding hydrogens is 336 g/mol. The molecule has 1 aliphatic rings. The van der Waals surface area contributed by atoms with E-state index in [-0.39, 0.29) is 29.8 Å². The lowest BCUT2D eigenvalue weighted by Crippen LogP contribution is -2.35. The Bertz CT molecular complexity index is 574. The number of benzene rings is 1. The number of carbonyl (C=O) groups is 1. The third-order valence-electron chi connectivity index (χ3n) is 3.60. The molecule has 0 spiro atoms. The average Bonchev–Trinajstić information content (AvgIpc) is 3.28. The molecule has 0 unspecified atom stereocenters. The number of hydrogen-bond donors (Lipinski definition) is 2. The molecule has 0 atom stereocenters. The van der Waals surface area contributed by atoms with E-state index in [1.54, 1.807) is 0 Å². The van der Waals surface area contributed by atoms with Crippen LogP contribution in [-0.2, 0) is 20.4 Å². The van der Waals surface area contributed by atoms with Crippen LogP contribution in [0.2, 0.25) is 0 Å². The predicted molar refractivity (Wildman–Crippen MR) is 94.4 cm³/mol. The van der Waals surface area contributed by atoms with E-state index in [2.05, 4.69) is 10.6 Å². The van der Waals surface area contributed by atoms with E-state index < -0.39 is 9.84 Å². The maximum atomic E-state index is 12.0. The first-order valence-electron chi connectivity index (χ1n) is 7.77. The maximum absolute atomic E-state index is 12.0. The molecule has 23 heavy (non-hydrogen) atoms. The lowest BCUT2D eigenvalue weighted by molar-refractivity contribution is -0.120. The van der Waals surface area contributed by atoms with E-state index in [9.17, 15) is 13.2 Å². The molecule has 1 saturated carbocycles. The van der Waals surface area contributed by atoms with E-state index in [1.165, 1.54) is 12.8 Å². The van der Waals surface area contributed by atoms with Crippen LogP contribution < -0.4 is 10.6 Å². The molecule has 0 aromatic heterocycles. The molecule has 1 aromatic rings. The first kappa shape index (κ1) is 19.9. The van der Waals surface area contributed by atoms with Crippen LogP contribution in [0.15, 0.2) is 30.3 Å². The van der Waals surface area contributed by atoms with Crippen LogP contribution in [0.5, 0.6) is 0 Å². The van der Waals surface area contributed by atoms with Crippen molar-refractivity contribution >= 4 is 28.2 Å². The molecule has 2 N–H and O–H groups in total. The number of rotatable bonds is 10. The van der Waals surface area contributed by atoms with E-state index in [4.69, 9.17) is 0 Å². The molecular formula is C16H25ClN2O3S. The lowest BCUT2D eigenvalue weighted by Gasteiger charge is -2.07. The van der Waals surface area contributed by atoms with Crippen molar-refractivity contribution in [3.8, 4) is 0 Å². The minimum Gasteiger partial charge on any atom is -0.355 e. The van der Waals surface area contributed by atoms with Gasteiger partial charge in [-0.3, -0.25) is 4.79 Å². The van der Waals surface area contributed by atoms with Gasteiger partial charge in [0.1, 0.15) is 0 Å². The highest BCUT2D eigenvalue weighted by Gasteiger charge is 2.20. The van der Waals surface area contributed by atoms with Crippen LogP contribution in [0.1, 0.15) is 24.8 Å². The molecule has 130 valence electrons. The smallest absolute Gasteiger partial charge is 0.233 e. The average molecular weight is 361 g/mol. The van der Waals surface area contributed by atoms with Crippen molar-refractivity contribution in [2.75, 3.05) is 25.4 Å². The highest BCUT2D eigenvalue weighted by Crippen LogP contribution is 2.27. The Morgan fingerprint density at radius 1 is 1.17 bits per heavy atom. The summed E-state index contributed by atoms with van der Waals surface area (Å²) in [4.78, 5) is 11.5. The van der Waals surface area contributed by atoms with Crippen LogP contribution >= 0.6 is 12.4 Å². The summed E-state index contributed by atoms with van der Waals surface area (Å²) in [6, 6.07) is 9.15. The fourth-order valence-corrected chi connectivity index (χ4v) is 3.62. The van der Waals surface area contributed by atoms with Gasteiger partial charge in [0, 0.05) is 6.54 Å². The van der Waals surface area contributed by atoms with Crippen molar-refractivity contribution in [3.05, 3.63) is 35.9 Å². The highest BCUT2D eigenvalue weighted by atomic mass is 35.5. The van der Waals surface area contributed by atoms with E-state index in [0.717, 1.165) is 18.0 Å². The zero-order valence-electron chi connectivity index (χ0n) is 13.2. The fraction of sp³-hybridized carbons (Fsp3) is 0.562. The predicted octanol–water partition coefficient (Wildman–Crippen LogP) is 1.53. The summed E-state index contributed by atoms with van der Waals surface area (Å²) in [6.07, 6.45) is 2.96. The summed E-state index contributed by atoms with van der Waals surface area (Å²) in [6.45, 7) is 1.62. The minimum absolute atomic E-state index is 0. The van der Waals surface area contributed by atoms with Crippen LogP contribution in [0.25, 0.3) is 0 Å². The zero-order valence-corrected chi connectivity index (χ0v) is 14.8. The number of hydrogen-bond acceptors (Lipinski definition) is 4. The summed E-state index contributed by atoms with van der Waals surface area (Å²) < 4.78 is 23.9. The standard InChI is InChI=1S/C16H24N2O3S.ClH/c19-16(12-17-11-14-7-8-14)18-9-4-10-22(20,21)13-15-5-2-1-3-6-15;/h1-3,5-6,14,17H,4,7-13H2,(H,18,19);1H. The number of amides is 1. The fourth-order valence-electron chi connectivity index (χ4n) is 2.19. The molecule has 7 heteroatoms. The largest absolute Gasteiger partial charge is 0.355 e. The van der Waals surface area contributed by atoms with Crippen molar-refractivity contribution in [3.63, 3.8) is 0 Å². The van der Waals surface area contributed by atoms with Gasteiger partial charge in [-0.2, -0.15) is 0 Å². The van der Waals surface area contributed by atoms with Gasteiger partial charge < -0.3 is 10.6 Å². The topological polar surface area (TPSA) is 75.3 Å². The summed E-state index contributed by atoms with van der Waals surface area (Å²) in [7, 11) is -3.12. The molecule has 2 rings (SSSR count). The molecule has 0 bridgehead atoms. The van der Waals surface area contributed by atoms with Gasteiger partial charge in [0.2, 0.25) is 5.91 Å². The zero-order chi connectivity index (χ0) is 15.8. The summed E-state index contributed by atoms with van der Waals surface area (Å²) >= 11 is 0. The van der Waals surface area contributed by atoms with Crippen molar-refractivity contribution < 1.29 is 13.2 Å². The van der Waals surface area contributed by atoms with E-state index >= 15 is 0 Å². The molecule has 1 aliphatic carbocycles. The second kappa shape index (κ2) is 9.90. The molecule has 0 aliphatic heterocycles. The van der Waals surface area contributed by atoms with Crippen molar-refractivity contribution in [1.29, 1.82) is 0 Å². The Balaban J connectivity index is 0.00000264. The van der Waals surface area contributed by atoms with Gasteiger partial charge in [-0.05, 0) is 37.3 Å². The minimum atomic E-state index is -3.12. The number of carbonyl (C=O) groups excluding carboxylic acids is 1. The molecule has 0 radical (unpaired) electrons.